The topological polar surface area (TPSA) is 49.4 Å². The molecule has 2 aromatic carbocycles. The third-order valence-electron chi connectivity index (χ3n) is 5.66. The maximum absolute atomic E-state index is 12.8. The Kier molecular flexibility index (Phi) is 3.07. The minimum absolute atomic E-state index is 0.0318. The Labute approximate surface area is 146 Å². The molecule has 2 amide bonds. The number of fused-ring (bicyclic) bond motifs is 5. The maximum Gasteiger partial charge on any atom is 0.238 e. The van der Waals surface area contributed by atoms with Gasteiger partial charge in [0.25, 0.3) is 0 Å². The number of carbonyl (C=O) groups excluding carboxylic acids is 2. The molecule has 0 aromatic heterocycles. The maximum atomic E-state index is 12.8. The van der Waals surface area contributed by atoms with E-state index in [1.54, 1.807) is 0 Å². The summed E-state index contributed by atoms with van der Waals surface area (Å²) in [5, 5.41) is 3.31. The number of benzene rings is 2. The van der Waals surface area contributed by atoms with Crippen LogP contribution in [0.25, 0.3) is 0 Å². The van der Waals surface area contributed by atoms with Crippen molar-refractivity contribution in [2.75, 3.05) is 10.2 Å². The SMILES string of the molecule is O=C1[C@@H]2[C@H](C(=O)N1c1ccc(Nc3ccccc3)cc1)[C@@H]1C=C[C@H]2C1. The number of rotatable bonds is 3. The zero-order valence-corrected chi connectivity index (χ0v) is 13.6. The van der Waals surface area contributed by atoms with Crippen LogP contribution in [-0.2, 0) is 9.59 Å². The second-order valence-electron chi connectivity index (χ2n) is 7.05. The number of nitrogens with zero attached hydrogens (tertiary/aromatic N) is 1. The molecule has 1 heterocycles. The lowest BCUT2D eigenvalue weighted by Gasteiger charge is -2.18. The third kappa shape index (κ3) is 2.14. The fourth-order valence-corrected chi connectivity index (χ4v) is 4.54. The summed E-state index contributed by atoms with van der Waals surface area (Å²) < 4.78 is 0. The summed E-state index contributed by atoms with van der Waals surface area (Å²) in [6.45, 7) is 0. The van der Waals surface area contributed by atoms with Crippen LogP contribution in [0.2, 0.25) is 0 Å². The monoisotopic (exact) mass is 330 g/mol. The normalized spacial score (nSPS) is 29.4. The van der Waals surface area contributed by atoms with Crippen LogP contribution >= 0.6 is 0 Å². The highest BCUT2D eigenvalue weighted by atomic mass is 16.2. The van der Waals surface area contributed by atoms with Crippen molar-refractivity contribution in [3.05, 3.63) is 66.7 Å². The lowest BCUT2D eigenvalue weighted by Crippen LogP contribution is -2.32. The summed E-state index contributed by atoms with van der Waals surface area (Å²) in [6, 6.07) is 17.4. The molecule has 4 atom stereocenters. The number of imide groups is 1. The lowest BCUT2D eigenvalue weighted by atomic mass is 9.85. The van der Waals surface area contributed by atoms with Gasteiger partial charge in [0.05, 0.1) is 17.5 Å². The van der Waals surface area contributed by atoms with E-state index in [4.69, 9.17) is 0 Å². The van der Waals surface area contributed by atoms with Crippen molar-refractivity contribution in [1.82, 2.24) is 0 Å². The van der Waals surface area contributed by atoms with E-state index in [1.165, 1.54) is 4.90 Å². The van der Waals surface area contributed by atoms with Gasteiger partial charge in [-0.05, 0) is 54.7 Å². The molecule has 0 unspecified atom stereocenters. The van der Waals surface area contributed by atoms with E-state index in [9.17, 15) is 9.59 Å². The van der Waals surface area contributed by atoms with E-state index in [-0.39, 0.29) is 35.5 Å². The van der Waals surface area contributed by atoms with Crippen molar-refractivity contribution in [3.8, 4) is 0 Å². The van der Waals surface area contributed by atoms with Gasteiger partial charge in [-0.15, -0.1) is 0 Å². The zero-order chi connectivity index (χ0) is 17.0. The first-order valence-corrected chi connectivity index (χ1v) is 8.70. The molecule has 4 heteroatoms. The Morgan fingerprint density at radius 3 is 1.92 bits per heavy atom. The molecule has 1 saturated heterocycles. The van der Waals surface area contributed by atoms with E-state index in [0.717, 1.165) is 17.8 Å². The van der Waals surface area contributed by atoms with Crippen molar-refractivity contribution in [2.24, 2.45) is 23.7 Å². The minimum Gasteiger partial charge on any atom is -0.356 e. The zero-order valence-electron chi connectivity index (χ0n) is 13.6. The van der Waals surface area contributed by atoms with Gasteiger partial charge in [0.2, 0.25) is 11.8 Å². The molecule has 1 N–H and O–H groups in total. The number of allylic oxidation sites excluding steroid dienone is 2. The number of carbonyl (C=O) groups is 2. The fraction of sp³-hybridized carbons (Fsp3) is 0.238. The molecule has 2 bridgehead atoms. The van der Waals surface area contributed by atoms with Gasteiger partial charge in [0.15, 0.2) is 0 Å². The summed E-state index contributed by atoms with van der Waals surface area (Å²) in [4.78, 5) is 27.0. The summed E-state index contributed by atoms with van der Waals surface area (Å²) in [5.41, 5.74) is 2.60. The molecule has 1 saturated carbocycles. The van der Waals surface area contributed by atoms with Gasteiger partial charge >= 0.3 is 0 Å². The third-order valence-corrected chi connectivity index (χ3v) is 5.66. The largest absolute Gasteiger partial charge is 0.356 e. The molecule has 1 aliphatic heterocycles. The summed E-state index contributed by atoms with van der Waals surface area (Å²) in [5.74, 6) is 0.131. The molecule has 2 aromatic rings. The Bertz CT molecular complexity index is 843. The van der Waals surface area contributed by atoms with Crippen molar-refractivity contribution in [3.63, 3.8) is 0 Å². The summed E-state index contributed by atoms with van der Waals surface area (Å²) in [7, 11) is 0. The van der Waals surface area contributed by atoms with E-state index < -0.39 is 0 Å². The molecule has 0 radical (unpaired) electrons. The second kappa shape index (κ2) is 5.31. The molecular formula is C21H18N2O2. The number of para-hydroxylation sites is 1. The van der Waals surface area contributed by atoms with Crippen LogP contribution in [0.5, 0.6) is 0 Å². The van der Waals surface area contributed by atoms with Gasteiger partial charge in [-0.2, -0.15) is 0 Å². The van der Waals surface area contributed by atoms with Crippen LogP contribution in [0.15, 0.2) is 66.7 Å². The van der Waals surface area contributed by atoms with Crippen LogP contribution in [-0.4, -0.2) is 11.8 Å². The lowest BCUT2D eigenvalue weighted by molar-refractivity contribution is -0.123. The Morgan fingerprint density at radius 2 is 1.32 bits per heavy atom. The van der Waals surface area contributed by atoms with Crippen molar-refractivity contribution in [1.29, 1.82) is 0 Å². The van der Waals surface area contributed by atoms with Gasteiger partial charge in [-0.1, -0.05) is 30.4 Å². The predicted octanol–water partition coefficient (Wildman–Crippen LogP) is 3.74. The Morgan fingerprint density at radius 1 is 0.760 bits per heavy atom. The number of hydrogen-bond acceptors (Lipinski definition) is 3. The van der Waals surface area contributed by atoms with Gasteiger partial charge in [-0.3, -0.25) is 14.5 Å². The molecule has 3 aliphatic rings. The highest BCUT2D eigenvalue weighted by molar-refractivity contribution is 6.22. The summed E-state index contributed by atoms with van der Waals surface area (Å²) in [6.07, 6.45) is 5.20. The molecule has 124 valence electrons. The Balaban J connectivity index is 1.39. The van der Waals surface area contributed by atoms with Crippen molar-refractivity contribution >= 4 is 28.9 Å². The second-order valence-corrected chi connectivity index (χ2v) is 7.05. The molecule has 4 nitrogen and oxygen atoms in total. The van der Waals surface area contributed by atoms with Crippen LogP contribution in [0.1, 0.15) is 6.42 Å². The predicted molar refractivity (Wildman–Crippen MR) is 96.4 cm³/mol. The van der Waals surface area contributed by atoms with Crippen LogP contribution < -0.4 is 10.2 Å². The first-order valence-electron chi connectivity index (χ1n) is 8.70. The van der Waals surface area contributed by atoms with Gasteiger partial charge in [-0.25, -0.2) is 0 Å². The standard InChI is InChI=1S/C21H18N2O2/c24-20-18-13-6-7-14(12-13)19(18)21(25)23(20)17-10-8-16(9-11-17)22-15-4-2-1-3-5-15/h1-11,13-14,18-19,22H,12H2/t13-,14+,18-,19+. The van der Waals surface area contributed by atoms with Crippen molar-refractivity contribution in [2.45, 2.75) is 6.42 Å². The first-order chi connectivity index (χ1) is 12.2. The van der Waals surface area contributed by atoms with Gasteiger partial charge in [0, 0.05) is 11.4 Å². The highest BCUT2D eigenvalue weighted by Crippen LogP contribution is 2.53. The van der Waals surface area contributed by atoms with Crippen LogP contribution in [0, 0.1) is 23.7 Å². The summed E-state index contributed by atoms with van der Waals surface area (Å²) >= 11 is 0. The Hall–Kier alpha value is -2.88. The molecule has 2 aliphatic carbocycles. The molecule has 25 heavy (non-hydrogen) atoms. The van der Waals surface area contributed by atoms with Gasteiger partial charge in [0.1, 0.15) is 0 Å². The minimum atomic E-state index is -0.148. The average Bonchev–Trinajstić information content (AvgIpc) is 3.31. The smallest absolute Gasteiger partial charge is 0.238 e. The molecule has 5 rings (SSSR count). The number of nitrogens with one attached hydrogen (secondary N) is 1. The quantitative estimate of drug-likeness (QED) is 0.689. The van der Waals surface area contributed by atoms with E-state index in [1.807, 2.05) is 54.6 Å². The number of amides is 2. The average molecular weight is 330 g/mol. The van der Waals surface area contributed by atoms with Crippen LogP contribution in [0.3, 0.4) is 0 Å². The number of hydrogen-bond donors (Lipinski definition) is 1. The fourth-order valence-electron chi connectivity index (χ4n) is 4.54. The number of anilines is 3. The van der Waals surface area contributed by atoms with E-state index in [0.29, 0.717) is 5.69 Å². The van der Waals surface area contributed by atoms with Crippen molar-refractivity contribution < 1.29 is 9.59 Å². The molecule has 2 fully saturated rings. The van der Waals surface area contributed by atoms with Gasteiger partial charge < -0.3 is 5.32 Å². The first kappa shape index (κ1) is 14.5. The highest BCUT2D eigenvalue weighted by Gasteiger charge is 2.59. The van der Waals surface area contributed by atoms with E-state index in [2.05, 4.69) is 17.5 Å². The van der Waals surface area contributed by atoms with E-state index >= 15 is 0 Å². The molecular weight excluding hydrogens is 312 g/mol. The molecule has 0 spiro atoms. The van der Waals surface area contributed by atoms with Crippen LogP contribution in [0.4, 0.5) is 17.1 Å².